The molecule has 1 aliphatic heterocycles. The number of nitrogens with zero attached hydrogens (tertiary/aromatic N) is 1. The van der Waals surface area contributed by atoms with E-state index in [1.165, 1.54) is 22.6 Å². The van der Waals surface area contributed by atoms with Gasteiger partial charge in [-0.1, -0.05) is 36.4 Å². The van der Waals surface area contributed by atoms with Gasteiger partial charge in [-0.2, -0.15) is 0 Å². The first kappa shape index (κ1) is 22.2. The van der Waals surface area contributed by atoms with Crippen molar-refractivity contribution in [2.45, 2.75) is 31.8 Å². The number of para-hydroxylation sites is 1. The van der Waals surface area contributed by atoms with Gasteiger partial charge in [0, 0.05) is 49.3 Å². The molecule has 3 heterocycles. The second-order valence-electron chi connectivity index (χ2n) is 8.77. The fourth-order valence-electron chi connectivity index (χ4n) is 4.63. The summed E-state index contributed by atoms with van der Waals surface area (Å²) in [5.74, 6) is -0.420. The SMILES string of the molecule is CN1CCCc2cc(CNC(=O)C(Cc3c[nH]c4ccccc34)NC(=O)c3cccs3)ccc21. The molecular weight excluding hydrogens is 444 g/mol. The van der Waals surface area contributed by atoms with Crippen LogP contribution in [0.2, 0.25) is 0 Å². The Morgan fingerprint density at radius 2 is 2.03 bits per heavy atom. The average molecular weight is 473 g/mol. The number of nitrogens with one attached hydrogen (secondary N) is 3. The van der Waals surface area contributed by atoms with Crippen molar-refractivity contribution in [1.29, 1.82) is 0 Å². The zero-order valence-corrected chi connectivity index (χ0v) is 20.0. The molecule has 0 radical (unpaired) electrons. The third-order valence-electron chi connectivity index (χ3n) is 6.43. The van der Waals surface area contributed by atoms with Crippen molar-refractivity contribution in [1.82, 2.24) is 15.6 Å². The summed E-state index contributed by atoms with van der Waals surface area (Å²) in [6.07, 6.45) is 4.52. The molecule has 0 aliphatic carbocycles. The largest absolute Gasteiger partial charge is 0.374 e. The van der Waals surface area contributed by atoms with Crippen molar-refractivity contribution in [3.8, 4) is 0 Å². The normalized spacial score (nSPS) is 14.0. The van der Waals surface area contributed by atoms with E-state index in [9.17, 15) is 9.59 Å². The van der Waals surface area contributed by atoms with Crippen LogP contribution in [0.3, 0.4) is 0 Å². The smallest absolute Gasteiger partial charge is 0.262 e. The third-order valence-corrected chi connectivity index (χ3v) is 7.30. The van der Waals surface area contributed by atoms with Crippen molar-refractivity contribution in [2.24, 2.45) is 0 Å². The number of hydrogen-bond donors (Lipinski definition) is 3. The number of anilines is 1. The van der Waals surface area contributed by atoms with Gasteiger partial charge in [0.05, 0.1) is 4.88 Å². The van der Waals surface area contributed by atoms with Gasteiger partial charge in [-0.15, -0.1) is 11.3 Å². The predicted molar refractivity (Wildman–Crippen MR) is 137 cm³/mol. The Bertz CT molecular complexity index is 1310. The van der Waals surface area contributed by atoms with Crippen molar-refractivity contribution in [3.63, 3.8) is 0 Å². The summed E-state index contributed by atoms with van der Waals surface area (Å²) in [5, 5.41) is 8.93. The van der Waals surface area contributed by atoms with Gasteiger partial charge in [0.1, 0.15) is 6.04 Å². The fourth-order valence-corrected chi connectivity index (χ4v) is 5.25. The minimum Gasteiger partial charge on any atom is -0.374 e. The lowest BCUT2D eigenvalue weighted by molar-refractivity contribution is -0.123. The summed E-state index contributed by atoms with van der Waals surface area (Å²) in [7, 11) is 2.12. The van der Waals surface area contributed by atoms with E-state index in [2.05, 4.69) is 45.8 Å². The molecule has 6 nitrogen and oxygen atoms in total. The Balaban J connectivity index is 1.32. The zero-order valence-electron chi connectivity index (χ0n) is 19.1. The molecule has 1 unspecified atom stereocenters. The molecule has 0 saturated heterocycles. The van der Waals surface area contributed by atoms with Gasteiger partial charge in [-0.3, -0.25) is 9.59 Å². The molecule has 174 valence electrons. The molecule has 4 aromatic rings. The number of hydrogen-bond acceptors (Lipinski definition) is 4. The summed E-state index contributed by atoms with van der Waals surface area (Å²) in [5.41, 5.74) is 5.67. The Morgan fingerprint density at radius 1 is 1.15 bits per heavy atom. The average Bonchev–Trinajstić information content (AvgIpc) is 3.53. The van der Waals surface area contributed by atoms with E-state index in [-0.39, 0.29) is 11.8 Å². The molecule has 2 aromatic carbocycles. The Labute approximate surface area is 203 Å². The number of carbonyl (C=O) groups is 2. The van der Waals surface area contributed by atoms with E-state index in [0.29, 0.717) is 17.8 Å². The standard InChI is InChI=1S/C27H28N4O2S/c1-31-12-4-6-19-14-18(10-11-24(19)31)16-29-26(32)23(30-27(33)25-9-5-13-34-25)15-20-17-28-22-8-3-2-7-21(20)22/h2-3,5,7-11,13-14,17,23,28H,4,6,12,15-16H2,1H3,(H,29,32)(H,30,33). The van der Waals surface area contributed by atoms with Crippen LogP contribution in [-0.4, -0.2) is 36.4 Å². The van der Waals surface area contributed by atoms with Crippen LogP contribution in [0.1, 0.15) is 32.8 Å². The summed E-state index contributed by atoms with van der Waals surface area (Å²) >= 11 is 1.36. The summed E-state index contributed by atoms with van der Waals surface area (Å²) in [6.45, 7) is 1.50. The molecule has 3 N–H and O–H groups in total. The lowest BCUT2D eigenvalue weighted by Gasteiger charge is -2.28. The van der Waals surface area contributed by atoms with E-state index in [0.717, 1.165) is 41.4 Å². The molecule has 7 heteroatoms. The summed E-state index contributed by atoms with van der Waals surface area (Å²) < 4.78 is 0. The van der Waals surface area contributed by atoms with E-state index in [4.69, 9.17) is 0 Å². The lowest BCUT2D eigenvalue weighted by Crippen LogP contribution is -2.47. The van der Waals surface area contributed by atoms with Crippen LogP contribution in [-0.2, 0) is 24.2 Å². The number of carbonyl (C=O) groups excluding carboxylic acids is 2. The lowest BCUT2D eigenvalue weighted by atomic mass is 9.99. The van der Waals surface area contributed by atoms with Crippen molar-refractivity contribution >= 4 is 39.7 Å². The number of H-pyrrole nitrogens is 1. The molecule has 2 aromatic heterocycles. The maximum absolute atomic E-state index is 13.3. The summed E-state index contributed by atoms with van der Waals surface area (Å²) in [4.78, 5) is 32.2. The van der Waals surface area contributed by atoms with Gasteiger partial charge in [0.25, 0.3) is 5.91 Å². The van der Waals surface area contributed by atoms with Gasteiger partial charge in [-0.25, -0.2) is 0 Å². The number of aromatic nitrogens is 1. The third kappa shape index (κ3) is 4.70. The van der Waals surface area contributed by atoms with Gasteiger partial charge >= 0.3 is 0 Å². The van der Waals surface area contributed by atoms with Crippen molar-refractivity contribution < 1.29 is 9.59 Å². The highest BCUT2D eigenvalue weighted by molar-refractivity contribution is 7.12. The van der Waals surface area contributed by atoms with Crippen LogP contribution >= 0.6 is 11.3 Å². The topological polar surface area (TPSA) is 77.2 Å². The summed E-state index contributed by atoms with van der Waals surface area (Å²) in [6, 6.07) is 17.3. The fraction of sp³-hybridized carbons (Fsp3) is 0.259. The molecule has 0 bridgehead atoms. The molecule has 0 spiro atoms. The number of aryl methyl sites for hydroxylation is 1. The number of benzene rings is 2. The first-order chi connectivity index (χ1) is 16.6. The van der Waals surface area contributed by atoms with E-state index in [1.807, 2.05) is 41.9 Å². The van der Waals surface area contributed by atoms with Crippen molar-refractivity contribution in [2.75, 3.05) is 18.5 Å². The first-order valence-corrected chi connectivity index (χ1v) is 12.5. The van der Waals surface area contributed by atoms with Gasteiger partial charge in [0.2, 0.25) is 5.91 Å². The molecule has 5 rings (SSSR count). The van der Waals surface area contributed by atoms with Crippen LogP contribution in [0.4, 0.5) is 5.69 Å². The highest BCUT2D eigenvalue weighted by Crippen LogP contribution is 2.27. The minimum atomic E-state index is -0.683. The maximum Gasteiger partial charge on any atom is 0.262 e. The van der Waals surface area contributed by atoms with Gasteiger partial charge in [0.15, 0.2) is 0 Å². The number of rotatable bonds is 7. The maximum atomic E-state index is 13.3. The number of aromatic amines is 1. The minimum absolute atomic E-state index is 0.190. The Morgan fingerprint density at radius 3 is 2.88 bits per heavy atom. The molecule has 2 amide bonds. The Kier molecular flexibility index (Phi) is 6.36. The van der Waals surface area contributed by atoms with Crippen LogP contribution in [0, 0.1) is 0 Å². The molecule has 0 saturated carbocycles. The van der Waals surface area contributed by atoms with Gasteiger partial charge in [-0.05, 0) is 53.1 Å². The van der Waals surface area contributed by atoms with Crippen molar-refractivity contribution in [3.05, 3.63) is 87.7 Å². The van der Waals surface area contributed by atoms with Gasteiger partial charge < -0.3 is 20.5 Å². The van der Waals surface area contributed by atoms with Crippen LogP contribution < -0.4 is 15.5 Å². The Hall–Kier alpha value is -3.58. The first-order valence-electron chi connectivity index (χ1n) is 11.6. The molecule has 34 heavy (non-hydrogen) atoms. The molecule has 1 aliphatic rings. The van der Waals surface area contributed by atoms with E-state index >= 15 is 0 Å². The van der Waals surface area contributed by atoms with Crippen LogP contribution in [0.15, 0.2) is 66.2 Å². The number of fused-ring (bicyclic) bond motifs is 2. The highest BCUT2D eigenvalue weighted by Gasteiger charge is 2.24. The van der Waals surface area contributed by atoms with E-state index < -0.39 is 6.04 Å². The second-order valence-corrected chi connectivity index (χ2v) is 9.72. The number of thiophene rings is 1. The van der Waals surface area contributed by atoms with Crippen LogP contribution in [0.25, 0.3) is 10.9 Å². The zero-order chi connectivity index (χ0) is 23.5. The molecule has 1 atom stereocenters. The van der Waals surface area contributed by atoms with Crippen LogP contribution in [0.5, 0.6) is 0 Å². The van der Waals surface area contributed by atoms with E-state index in [1.54, 1.807) is 6.07 Å². The molecule has 0 fully saturated rings. The molecular formula is C27H28N4O2S. The predicted octanol–water partition coefficient (Wildman–Crippen LogP) is 4.27. The quantitative estimate of drug-likeness (QED) is 0.376. The highest BCUT2D eigenvalue weighted by atomic mass is 32.1. The monoisotopic (exact) mass is 472 g/mol. The second kappa shape index (κ2) is 9.73. The number of amides is 2.